The zero-order valence-electron chi connectivity index (χ0n) is 17.3. The van der Waals surface area contributed by atoms with Gasteiger partial charge >= 0.3 is 6.03 Å². The molecule has 0 bridgehead atoms. The summed E-state index contributed by atoms with van der Waals surface area (Å²) in [6.45, 7) is 4.83. The minimum Gasteiger partial charge on any atom is -0.363 e. The number of rotatable bonds is 4. The molecule has 1 aromatic carbocycles. The van der Waals surface area contributed by atoms with Crippen molar-refractivity contribution in [3.8, 4) is 0 Å². The number of aromatic nitrogens is 2. The van der Waals surface area contributed by atoms with Crippen LogP contribution < -0.4 is 10.2 Å². The first kappa shape index (κ1) is 19.6. The van der Waals surface area contributed by atoms with Gasteiger partial charge < -0.3 is 9.80 Å². The van der Waals surface area contributed by atoms with Crippen LogP contribution in [0.15, 0.2) is 42.6 Å². The van der Waals surface area contributed by atoms with Gasteiger partial charge in [-0.05, 0) is 49.4 Å². The molecule has 2 amide bonds. The fraction of sp³-hybridized carbons (Fsp3) is 0.500. The van der Waals surface area contributed by atoms with E-state index in [4.69, 9.17) is 0 Å². The van der Waals surface area contributed by atoms with Crippen LogP contribution >= 0.6 is 0 Å². The summed E-state index contributed by atoms with van der Waals surface area (Å²) >= 11 is 0. The van der Waals surface area contributed by atoms with Crippen LogP contribution in [0.3, 0.4) is 0 Å². The van der Waals surface area contributed by atoms with Gasteiger partial charge in [0.2, 0.25) is 5.95 Å². The smallest absolute Gasteiger partial charge is 0.324 e. The van der Waals surface area contributed by atoms with Crippen molar-refractivity contribution < 1.29 is 4.79 Å². The first-order chi connectivity index (χ1) is 14.0. The van der Waals surface area contributed by atoms with Gasteiger partial charge in [0.15, 0.2) is 0 Å². The maximum absolute atomic E-state index is 12.7. The molecule has 1 spiro atoms. The molecule has 154 valence electrons. The van der Waals surface area contributed by atoms with E-state index in [0.717, 1.165) is 57.8 Å². The number of urea groups is 1. The summed E-state index contributed by atoms with van der Waals surface area (Å²) in [6, 6.07) is 12.4. The number of likely N-dealkylation sites (tertiary alicyclic amines) is 2. The van der Waals surface area contributed by atoms with E-state index in [9.17, 15) is 4.79 Å². The topological polar surface area (TPSA) is 64.6 Å². The predicted molar refractivity (Wildman–Crippen MR) is 115 cm³/mol. The van der Waals surface area contributed by atoms with Gasteiger partial charge in [0.25, 0.3) is 0 Å². The lowest BCUT2D eigenvalue weighted by Gasteiger charge is -2.39. The second-order valence-corrected chi connectivity index (χ2v) is 8.50. The molecule has 0 unspecified atom stereocenters. The first-order valence-corrected chi connectivity index (χ1v) is 10.4. The fourth-order valence-electron chi connectivity index (χ4n) is 4.38. The van der Waals surface area contributed by atoms with Crippen LogP contribution in [0.1, 0.15) is 24.8 Å². The number of nitrogens with one attached hydrogen (secondary N) is 1. The highest BCUT2D eigenvalue weighted by Gasteiger charge is 2.42. The van der Waals surface area contributed by atoms with E-state index in [0.29, 0.717) is 5.95 Å². The van der Waals surface area contributed by atoms with Crippen molar-refractivity contribution in [3.05, 3.63) is 48.2 Å². The summed E-state index contributed by atoms with van der Waals surface area (Å²) in [5.41, 5.74) is 1.63. The third-order valence-corrected chi connectivity index (χ3v) is 6.21. The summed E-state index contributed by atoms with van der Waals surface area (Å²) in [5.74, 6) is 1.14. The van der Waals surface area contributed by atoms with E-state index in [1.54, 1.807) is 6.20 Å². The SMILES string of the molecule is CN(C)c1ccnc(NC(=O)N2CCC3(CCN(Cc4ccccc4)CC3)C2)n1. The minimum atomic E-state index is -0.0931. The standard InChI is InChI=1S/C22H30N6O/c1-26(2)19-8-12-23-20(24-19)25-21(29)28-15-11-22(17-28)9-13-27(14-10-22)16-18-6-4-3-5-7-18/h3-8,12H,9-11,13-17H2,1-2H3,(H,23,24,25,29). The second-order valence-electron chi connectivity index (χ2n) is 8.50. The van der Waals surface area contributed by atoms with Crippen LogP contribution in [0.5, 0.6) is 0 Å². The fourth-order valence-corrected chi connectivity index (χ4v) is 4.38. The van der Waals surface area contributed by atoms with E-state index in [-0.39, 0.29) is 11.4 Å². The van der Waals surface area contributed by atoms with Gasteiger partial charge in [0, 0.05) is 39.9 Å². The predicted octanol–water partition coefficient (Wildman–Crippen LogP) is 3.06. The van der Waals surface area contributed by atoms with Crippen molar-refractivity contribution in [2.75, 3.05) is 50.5 Å². The number of benzene rings is 1. The average molecular weight is 395 g/mol. The summed E-state index contributed by atoms with van der Waals surface area (Å²) in [7, 11) is 3.84. The minimum absolute atomic E-state index is 0.0931. The monoisotopic (exact) mass is 394 g/mol. The Morgan fingerprint density at radius 3 is 2.55 bits per heavy atom. The highest BCUT2D eigenvalue weighted by Crippen LogP contribution is 2.40. The van der Waals surface area contributed by atoms with Crippen LogP contribution in [0, 0.1) is 5.41 Å². The number of carbonyl (C=O) groups is 1. The zero-order valence-corrected chi connectivity index (χ0v) is 17.3. The third-order valence-electron chi connectivity index (χ3n) is 6.21. The lowest BCUT2D eigenvalue weighted by molar-refractivity contribution is 0.106. The van der Waals surface area contributed by atoms with E-state index in [1.807, 2.05) is 30.0 Å². The van der Waals surface area contributed by atoms with Crippen LogP contribution in [0.4, 0.5) is 16.6 Å². The molecule has 29 heavy (non-hydrogen) atoms. The van der Waals surface area contributed by atoms with Gasteiger partial charge in [-0.15, -0.1) is 0 Å². The average Bonchev–Trinajstić information content (AvgIpc) is 3.15. The quantitative estimate of drug-likeness (QED) is 0.863. The molecule has 7 heteroatoms. The number of hydrogen-bond acceptors (Lipinski definition) is 5. The molecule has 1 aromatic heterocycles. The Morgan fingerprint density at radius 2 is 1.83 bits per heavy atom. The number of piperidine rings is 1. The second kappa shape index (κ2) is 8.37. The summed E-state index contributed by atoms with van der Waals surface area (Å²) in [6.07, 6.45) is 5.05. The van der Waals surface area contributed by atoms with Gasteiger partial charge in [-0.1, -0.05) is 30.3 Å². The Morgan fingerprint density at radius 1 is 1.10 bits per heavy atom. The Hall–Kier alpha value is -2.67. The molecule has 2 aliphatic heterocycles. The normalized spacial score (nSPS) is 18.8. The first-order valence-electron chi connectivity index (χ1n) is 10.4. The van der Waals surface area contributed by atoms with Crippen molar-refractivity contribution in [1.82, 2.24) is 19.8 Å². The van der Waals surface area contributed by atoms with Crippen LogP contribution in [-0.4, -0.2) is 66.1 Å². The maximum atomic E-state index is 12.7. The molecule has 0 radical (unpaired) electrons. The molecule has 2 saturated heterocycles. The van der Waals surface area contributed by atoms with Gasteiger partial charge in [0.05, 0.1) is 0 Å². The van der Waals surface area contributed by atoms with Gasteiger partial charge in [0.1, 0.15) is 5.82 Å². The molecule has 0 aliphatic carbocycles. The number of nitrogens with zero attached hydrogens (tertiary/aromatic N) is 5. The van der Waals surface area contributed by atoms with E-state index >= 15 is 0 Å². The van der Waals surface area contributed by atoms with Crippen molar-refractivity contribution in [1.29, 1.82) is 0 Å². The largest absolute Gasteiger partial charge is 0.363 e. The molecule has 1 N–H and O–H groups in total. The number of hydrogen-bond donors (Lipinski definition) is 1. The van der Waals surface area contributed by atoms with Crippen molar-refractivity contribution in [2.24, 2.45) is 5.41 Å². The number of carbonyl (C=O) groups excluding carboxylic acids is 1. The number of anilines is 2. The van der Waals surface area contributed by atoms with Gasteiger partial charge in [-0.2, -0.15) is 4.98 Å². The van der Waals surface area contributed by atoms with E-state index in [1.165, 1.54) is 5.56 Å². The summed E-state index contributed by atoms with van der Waals surface area (Å²) in [5, 5.41) is 2.87. The highest BCUT2D eigenvalue weighted by atomic mass is 16.2. The van der Waals surface area contributed by atoms with Crippen LogP contribution in [0.25, 0.3) is 0 Å². The molecule has 2 aromatic rings. The Labute approximate surface area is 172 Å². The molecule has 4 rings (SSSR count). The van der Waals surface area contributed by atoms with Crippen molar-refractivity contribution in [3.63, 3.8) is 0 Å². The molecule has 2 aliphatic rings. The Bertz CT molecular complexity index is 832. The molecule has 0 saturated carbocycles. The van der Waals surface area contributed by atoms with E-state index < -0.39 is 0 Å². The summed E-state index contributed by atoms with van der Waals surface area (Å²) in [4.78, 5) is 27.7. The molecule has 0 atom stereocenters. The molecular weight excluding hydrogens is 364 g/mol. The zero-order chi connectivity index (χ0) is 20.3. The molecule has 3 heterocycles. The lowest BCUT2D eigenvalue weighted by Crippen LogP contribution is -2.42. The van der Waals surface area contributed by atoms with Gasteiger partial charge in [-0.3, -0.25) is 10.2 Å². The third kappa shape index (κ3) is 4.67. The van der Waals surface area contributed by atoms with E-state index in [2.05, 4.69) is 50.5 Å². The lowest BCUT2D eigenvalue weighted by atomic mass is 9.77. The number of amides is 2. The van der Waals surface area contributed by atoms with Gasteiger partial charge in [-0.25, -0.2) is 9.78 Å². The van der Waals surface area contributed by atoms with Crippen LogP contribution in [-0.2, 0) is 6.54 Å². The van der Waals surface area contributed by atoms with Crippen LogP contribution in [0.2, 0.25) is 0 Å². The molecule has 7 nitrogen and oxygen atoms in total. The Balaban J connectivity index is 1.30. The Kier molecular flexibility index (Phi) is 5.67. The highest BCUT2D eigenvalue weighted by molar-refractivity contribution is 5.87. The van der Waals surface area contributed by atoms with Crippen molar-refractivity contribution >= 4 is 17.8 Å². The van der Waals surface area contributed by atoms with Crippen molar-refractivity contribution in [2.45, 2.75) is 25.8 Å². The maximum Gasteiger partial charge on any atom is 0.324 e. The molecule has 2 fully saturated rings. The summed E-state index contributed by atoms with van der Waals surface area (Å²) < 4.78 is 0. The molecular formula is C22H30N6O.